The summed E-state index contributed by atoms with van der Waals surface area (Å²) in [7, 11) is 1.81. The molecule has 1 saturated heterocycles. The van der Waals surface area contributed by atoms with Crippen molar-refractivity contribution in [3.8, 4) is 0 Å². The van der Waals surface area contributed by atoms with Gasteiger partial charge in [0, 0.05) is 32.4 Å². The van der Waals surface area contributed by atoms with E-state index in [0.29, 0.717) is 24.0 Å². The molecule has 6 nitrogen and oxygen atoms in total. The predicted molar refractivity (Wildman–Crippen MR) is 103 cm³/mol. The van der Waals surface area contributed by atoms with Crippen LogP contribution in [0, 0.1) is 5.92 Å². The number of carbonyl (C=O) groups excluding carboxylic acids is 1. The molecule has 2 heterocycles. The van der Waals surface area contributed by atoms with Crippen molar-refractivity contribution in [3.05, 3.63) is 48.2 Å². The normalized spacial score (nSPS) is 16.1. The summed E-state index contributed by atoms with van der Waals surface area (Å²) >= 11 is 0. The maximum atomic E-state index is 12.4. The zero-order valence-electron chi connectivity index (χ0n) is 14.1. The van der Waals surface area contributed by atoms with Gasteiger partial charge in [-0.1, -0.05) is 18.2 Å². The number of nitrogens with two attached hydrogens (primary N) is 1. The molecule has 0 spiro atoms. The van der Waals surface area contributed by atoms with Crippen LogP contribution in [-0.2, 0) is 6.54 Å². The number of halogens is 2. The van der Waals surface area contributed by atoms with Crippen molar-refractivity contribution in [1.29, 1.82) is 0 Å². The zero-order chi connectivity index (χ0) is 16.2. The lowest BCUT2D eigenvalue weighted by molar-refractivity contribution is 0.0770. The first-order valence-electron chi connectivity index (χ1n) is 7.87. The van der Waals surface area contributed by atoms with Crippen LogP contribution in [0.3, 0.4) is 0 Å². The SMILES string of the molecule is CN(CC1CCN(c2ccccc2)C1)C(=O)c1coc(CN)n1.Cl.Cl. The molecule has 2 N–H and O–H groups in total. The average Bonchev–Trinajstić information content (AvgIpc) is 3.24. The Kier molecular flexibility index (Phi) is 8.22. The second-order valence-corrected chi connectivity index (χ2v) is 5.95. The van der Waals surface area contributed by atoms with Crippen molar-refractivity contribution in [2.75, 3.05) is 31.6 Å². The minimum Gasteiger partial charge on any atom is -0.447 e. The molecule has 0 radical (unpaired) electrons. The molecular formula is C17H24Cl2N4O2. The van der Waals surface area contributed by atoms with Gasteiger partial charge >= 0.3 is 0 Å². The fraction of sp³-hybridized carbons (Fsp3) is 0.412. The lowest BCUT2D eigenvalue weighted by atomic mass is 10.1. The Hall–Kier alpha value is -1.76. The summed E-state index contributed by atoms with van der Waals surface area (Å²) < 4.78 is 5.14. The predicted octanol–water partition coefficient (Wildman–Crippen LogP) is 2.58. The summed E-state index contributed by atoms with van der Waals surface area (Å²) in [6.45, 7) is 2.91. The van der Waals surface area contributed by atoms with Crippen molar-refractivity contribution < 1.29 is 9.21 Å². The molecule has 1 fully saturated rings. The number of rotatable bonds is 5. The third-order valence-corrected chi connectivity index (χ3v) is 4.23. The van der Waals surface area contributed by atoms with Gasteiger partial charge in [0.05, 0.1) is 6.54 Å². The summed E-state index contributed by atoms with van der Waals surface area (Å²) in [5.41, 5.74) is 7.02. The Morgan fingerprint density at radius 2 is 2.08 bits per heavy atom. The highest BCUT2D eigenvalue weighted by atomic mass is 35.5. The highest BCUT2D eigenvalue weighted by molar-refractivity contribution is 5.91. The first-order valence-corrected chi connectivity index (χ1v) is 7.87. The van der Waals surface area contributed by atoms with Crippen molar-refractivity contribution in [3.63, 3.8) is 0 Å². The number of hydrogen-bond acceptors (Lipinski definition) is 5. The van der Waals surface area contributed by atoms with Crippen LogP contribution in [0.1, 0.15) is 22.8 Å². The van der Waals surface area contributed by atoms with E-state index in [1.165, 1.54) is 12.0 Å². The van der Waals surface area contributed by atoms with Crippen LogP contribution in [0.25, 0.3) is 0 Å². The molecule has 1 amide bonds. The van der Waals surface area contributed by atoms with Crippen molar-refractivity contribution >= 4 is 36.4 Å². The summed E-state index contributed by atoms with van der Waals surface area (Å²) in [4.78, 5) is 20.5. The van der Waals surface area contributed by atoms with Gasteiger partial charge in [0.25, 0.3) is 5.91 Å². The maximum absolute atomic E-state index is 12.4. The van der Waals surface area contributed by atoms with E-state index in [1.54, 1.807) is 4.90 Å². The van der Waals surface area contributed by atoms with Gasteiger partial charge in [-0.25, -0.2) is 4.98 Å². The molecule has 1 atom stereocenters. The molecule has 1 unspecified atom stereocenters. The Labute approximate surface area is 160 Å². The molecule has 25 heavy (non-hydrogen) atoms. The standard InChI is InChI=1S/C17H22N4O2.2ClH/c1-20(17(22)15-12-23-16(9-18)19-15)10-13-7-8-21(11-13)14-5-3-2-4-6-14;;/h2-6,12-13H,7-11,18H2,1H3;2*1H. The second-order valence-electron chi connectivity index (χ2n) is 5.95. The summed E-state index contributed by atoms with van der Waals surface area (Å²) in [5.74, 6) is 0.731. The van der Waals surface area contributed by atoms with E-state index in [-0.39, 0.29) is 37.3 Å². The second kappa shape index (κ2) is 9.65. The molecule has 8 heteroatoms. The van der Waals surface area contributed by atoms with Crippen LogP contribution in [0.5, 0.6) is 0 Å². The smallest absolute Gasteiger partial charge is 0.275 e. The van der Waals surface area contributed by atoms with E-state index >= 15 is 0 Å². The lowest BCUT2D eigenvalue weighted by Gasteiger charge is -2.22. The highest BCUT2D eigenvalue weighted by Gasteiger charge is 2.26. The van der Waals surface area contributed by atoms with Crippen LogP contribution in [0.2, 0.25) is 0 Å². The quantitative estimate of drug-likeness (QED) is 0.854. The van der Waals surface area contributed by atoms with E-state index in [9.17, 15) is 4.79 Å². The summed E-state index contributed by atoms with van der Waals surface area (Å²) in [6, 6.07) is 10.4. The van der Waals surface area contributed by atoms with Gasteiger partial charge in [-0.3, -0.25) is 4.79 Å². The molecule has 3 rings (SSSR count). The largest absolute Gasteiger partial charge is 0.447 e. The van der Waals surface area contributed by atoms with Gasteiger partial charge in [-0.05, 0) is 24.5 Å². The topological polar surface area (TPSA) is 75.6 Å². The summed E-state index contributed by atoms with van der Waals surface area (Å²) in [5, 5.41) is 0. The number of carbonyl (C=O) groups is 1. The van der Waals surface area contributed by atoms with Crippen LogP contribution in [0.4, 0.5) is 5.69 Å². The van der Waals surface area contributed by atoms with Gasteiger partial charge < -0.3 is 20.0 Å². The fourth-order valence-corrected chi connectivity index (χ4v) is 3.02. The molecule has 1 aliphatic rings. The molecule has 1 aromatic heterocycles. The number of anilines is 1. The number of nitrogens with zero attached hydrogens (tertiary/aromatic N) is 3. The van der Waals surface area contributed by atoms with E-state index in [0.717, 1.165) is 19.5 Å². The minimum atomic E-state index is -0.119. The number of amides is 1. The first-order chi connectivity index (χ1) is 11.2. The third kappa shape index (κ3) is 5.11. The van der Waals surface area contributed by atoms with Crippen LogP contribution in [-0.4, -0.2) is 42.5 Å². The molecule has 2 aromatic rings. The molecule has 0 saturated carbocycles. The van der Waals surface area contributed by atoms with Crippen LogP contribution in [0.15, 0.2) is 41.0 Å². The third-order valence-electron chi connectivity index (χ3n) is 4.23. The van der Waals surface area contributed by atoms with Crippen LogP contribution < -0.4 is 10.6 Å². The molecular weight excluding hydrogens is 363 g/mol. The molecule has 1 aliphatic heterocycles. The van der Waals surface area contributed by atoms with Crippen molar-refractivity contribution in [2.24, 2.45) is 11.7 Å². The average molecular weight is 387 g/mol. The van der Waals surface area contributed by atoms with Gasteiger partial charge in [-0.2, -0.15) is 0 Å². The molecule has 138 valence electrons. The maximum Gasteiger partial charge on any atom is 0.275 e. The highest BCUT2D eigenvalue weighted by Crippen LogP contribution is 2.24. The lowest BCUT2D eigenvalue weighted by Crippen LogP contribution is -2.33. The first kappa shape index (κ1) is 21.3. The number of para-hydroxylation sites is 1. The van der Waals surface area contributed by atoms with Crippen molar-refractivity contribution in [1.82, 2.24) is 9.88 Å². The van der Waals surface area contributed by atoms with E-state index in [1.807, 2.05) is 13.1 Å². The Bertz CT molecular complexity index is 666. The van der Waals surface area contributed by atoms with Crippen molar-refractivity contribution in [2.45, 2.75) is 13.0 Å². The monoisotopic (exact) mass is 386 g/mol. The number of hydrogen-bond donors (Lipinski definition) is 1. The number of oxazole rings is 1. The van der Waals surface area contributed by atoms with E-state index in [4.69, 9.17) is 10.2 Å². The number of benzene rings is 1. The van der Waals surface area contributed by atoms with Gasteiger partial charge in [0.2, 0.25) is 5.89 Å². The van der Waals surface area contributed by atoms with Gasteiger partial charge in [0.15, 0.2) is 5.69 Å². The molecule has 1 aromatic carbocycles. The van der Waals surface area contributed by atoms with Gasteiger partial charge in [-0.15, -0.1) is 24.8 Å². The summed E-state index contributed by atoms with van der Waals surface area (Å²) in [6.07, 6.45) is 2.46. The van der Waals surface area contributed by atoms with Crippen LogP contribution >= 0.6 is 24.8 Å². The Morgan fingerprint density at radius 1 is 1.36 bits per heavy atom. The van der Waals surface area contributed by atoms with E-state index in [2.05, 4.69) is 34.1 Å². The number of aromatic nitrogens is 1. The Balaban J connectivity index is 0.00000156. The molecule has 0 bridgehead atoms. The molecule has 0 aliphatic carbocycles. The van der Waals surface area contributed by atoms with E-state index < -0.39 is 0 Å². The zero-order valence-corrected chi connectivity index (χ0v) is 15.8. The minimum absolute atomic E-state index is 0. The Morgan fingerprint density at radius 3 is 2.72 bits per heavy atom. The fourth-order valence-electron chi connectivity index (χ4n) is 3.02. The van der Waals surface area contributed by atoms with Gasteiger partial charge in [0.1, 0.15) is 6.26 Å².